The zero-order valence-electron chi connectivity index (χ0n) is 16.7. The molecule has 0 aliphatic rings. The molecule has 1 aromatic heterocycles. The minimum Gasteiger partial charge on any atom is -0.341 e. The van der Waals surface area contributed by atoms with Crippen molar-refractivity contribution < 1.29 is 4.79 Å². The van der Waals surface area contributed by atoms with Crippen LogP contribution in [-0.2, 0) is 11.3 Å². The number of imidazole rings is 1. The molecule has 0 spiro atoms. The summed E-state index contributed by atoms with van der Waals surface area (Å²) in [5.74, 6) is 1.89. The largest absolute Gasteiger partial charge is 0.341 e. The molecule has 0 saturated heterocycles. The fourth-order valence-corrected chi connectivity index (χ4v) is 3.44. The topological polar surface area (TPSA) is 38.1 Å². The summed E-state index contributed by atoms with van der Waals surface area (Å²) >= 11 is 0. The van der Waals surface area contributed by atoms with Gasteiger partial charge in [-0.15, -0.1) is 0 Å². The van der Waals surface area contributed by atoms with Crippen LogP contribution >= 0.6 is 0 Å². The van der Waals surface area contributed by atoms with Crippen molar-refractivity contribution in [3.05, 3.63) is 54.6 Å². The number of benzene rings is 2. The maximum atomic E-state index is 13.2. The Morgan fingerprint density at radius 2 is 1.52 bits per heavy atom. The molecule has 1 amide bonds. The van der Waals surface area contributed by atoms with E-state index in [1.165, 1.54) is 0 Å². The first kappa shape index (κ1) is 19.2. The van der Waals surface area contributed by atoms with Crippen molar-refractivity contribution in [2.24, 2.45) is 11.8 Å². The third-order valence-corrected chi connectivity index (χ3v) is 4.50. The second kappa shape index (κ2) is 8.38. The van der Waals surface area contributed by atoms with Crippen LogP contribution in [0.15, 0.2) is 54.6 Å². The van der Waals surface area contributed by atoms with Gasteiger partial charge in [0.25, 0.3) is 0 Å². The SMILES string of the molecule is CC(C)CN(CC(C)C)C(=O)Cn1c(-c2ccccc2)nc2ccccc21. The molecule has 0 N–H and O–H groups in total. The lowest BCUT2D eigenvalue weighted by Crippen LogP contribution is -2.39. The van der Waals surface area contributed by atoms with Gasteiger partial charge in [0.05, 0.1) is 11.0 Å². The summed E-state index contributed by atoms with van der Waals surface area (Å²) in [6, 6.07) is 18.1. The zero-order chi connectivity index (χ0) is 19.4. The van der Waals surface area contributed by atoms with Crippen LogP contribution in [0.25, 0.3) is 22.4 Å². The number of rotatable bonds is 7. The Morgan fingerprint density at radius 1 is 0.926 bits per heavy atom. The minimum absolute atomic E-state index is 0.151. The smallest absolute Gasteiger partial charge is 0.242 e. The van der Waals surface area contributed by atoms with Crippen molar-refractivity contribution in [3.63, 3.8) is 0 Å². The van der Waals surface area contributed by atoms with Crippen LogP contribution in [0.4, 0.5) is 0 Å². The Morgan fingerprint density at radius 3 is 2.15 bits per heavy atom. The Balaban J connectivity index is 1.98. The van der Waals surface area contributed by atoms with Gasteiger partial charge in [-0.25, -0.2) is 4.98 Å². The van der Waals surface area contributed by atoms with E-state index in [1.807, 2.05) is 59.5 Å². The van der Waals surface area contributed by atoms with Crippen LogP contribution in [0.5, 0.6) is 0 Å². The second-order valence-electron chi connectivity index (χ2n) is 7.96. The van der Waals surface area contributed by atoms with Crippen molar-refractivity contribution >= 4 is 16.9 Å². The van der Waals surface area contributed by atoms with Crippen molar-refractivity contribution in [1.29, 1.82) is 0 Å². The van der Waals surface area contributed by atoms with Crippen molar-refractivity contribution in [2.75, 3.05) is 13.1 Å². The van der Waals surface area contributed by atoms with Gasteiger partial charge in [0.2, 0.25) is 5.91 Å². The zero-order valence-corrected chi connectivity index (χ0v) is 16.7. The number of amides is 1. The molecule has 142 valence electrons. The summed E-state index contributed by atoms with van der Waals surface area (Å²) in [5, 5.41) is 0. The van der Waals surface area contributed by atoms with E-state index in [9.17, 15) is 4.79 Å². The Hall–Kier alpha value is -2.62. The van der Waals surface area contributed by atoms with E-state index < -0.39 is 0 Å². The summed E-state index contributed by atoms with van der Waals surface area (Å²) in [6.07, 6.45) is 0. The third-order valence-electron chi connectivity index (χ3n) is 4.50. The highest BCUT2D eigenvalue weighted by molar-refractivity contribution is 5.84. The van der Waals surface area contributed by atoms with Crippen LogP contribution in [0.3, 0.4) is 0 Å². The molecule has 3 aromatic rings. The molecule has 0 unspecified atom stereocenters. The van der Waals surface area contributed by atoms with Crippen molar-refractivity contribution in [2.45, 2.75) is 34.2 Å². The molecule has 1 heterocycles. The average molecular weight is 364 g/mol. The van der Waals surface area contributed by atoms with Gasteiger partial charge in [0.1, 0.15) is 12.4 Å². The van der Waals surface area contributed by atoms with E-state index in [4.69, 9.17) is 4.98 Å². The average Bonchev–Trinajstić information content (AvgIpc) is 3.00. The molecule has 0 aliphatic heterocycles. The van der Waals surface area contributed by atoms with Crippen LogP contribution in [0.2, 0.25) is 0 Å². The number of para-hydroxylation sites is 2. The van der Waals surface area contributed by atoms with Gasteiger partial charge in [-0.3, -0.25) is 4.79 Å². The third kappa shape index (κ3) is 4.57. The van der Waals surface area contributed by atoms with Crippen LogP contribution < -0.4 is 0 Å². The number of fused-ring (bicyclic) bond motifs is 1. The van der Waals surface area contributed by atoms with Gasteiger partial charge in [0.15, 0.2) is 0 Å². The lowest BCUT2D eigenvalue weighted by atomic mass is 10.1. The standard InChI is InChI=1S/C23H29N3O/c1-17(2)14-25(15-18(3)4)22(27)16-26-21-13-9-8-12-20(21)24-23(26)19-10-6-5-7-11-19/h5-13,17-18H,14-16H2,1-4H3. The maximum absolute atomic E-state index is 13.2. The molecule has 0 radical (unpaired) electrons. The van der Waals surface area contributed by atoms with E-state index in [2.05, 4.69) is 32.3 Å². The van der Waals surface area contributed by atoms with Crippen LogP contribution in [0.1, 0.15) is 27.7 Å². The van der Waals surface area contributed by atoms with Gasteiger partial charge >= 0.3 is 0 Å². The summed E-state index contributed by atoms with van der Waals surface area (Å²) in [4.78, 5) is 20.0. The molecule has 4 nitrogen and oxygen atoms in total. The Kier molecular flexibility index (Phi) is 5.94. The number of hydrogen-bond acceptors (Lipinski definition) is 2. The Bertz CT molecular complexity index is 886. The molecule has 4 heteroatoms. The van der Waals surface area contributed by atoms with E-state index >= 15 is 0 Å². The molecule has 2 aromatic carbocycles. The predicted octanol–water partition coefficient (Wildman–Crippen LogP) is 4.84. The van der Waals surface area contributed by atoms with Crippen LogP contribution in [-0.4, -0.2) is 33.4 Å². The molecular formula is C23H29N3O. The van der Waals surface area contributed by atoms with E-state index in [0.29, 0.717) is 18.4 Å². The van der Waals surface area contributed by atoms with E-state index in [-0.39, 0.29) is 5.91 Å². The molecule has 0 aliphatic carbocycles. The van der Waals surface area contributed by atoms with Gasteiger partial charge < -0.3 is 9.47 Å². The Labute approximate surface area is 161 Å². The molecule has 27 heavy (non-hydrogen) atoms. The normalized spacial score (nSPS) is 11.5. The highest BCUT2D eigenvalue weighted by atomic mass is 16.2. The van der Waals surface area contributed by atoms with Crippen molar-refractivity contribution in [3.8, 4) is 11.4 Å². The highest BCUT2D eigenvalue weighted by Gasteiger charge is 2.20. The molecule has 3 rings (SSSR count). The molecule has 0 fully saturated rings. The minimum atomic E-state index is 0.151. The second-order valence-corrected chi connectivity index (χ2v) is 7.96. The highest BCUT2D eigenvalue weighted by Crippen LogP contribution is 2.25. The lowest BCUT2D eigenvalue weighted by Gasteiger charge is -2.27. The van der Waals surface area contributed by atoms with Gasteiger partial charge in [-0.05, 0) is 24.0 Å². The monoisotopic (exact) mass is 363 g/mol. The molecule has 0 bridgehead atoms. The quantitative estimate of drug-likeness (QED) is 0.602. The summed E-state index contributed by atoms with van der Waals surface area (Å²) in [7, 11) is 0. The molecular weight excluding hydrogens is 334 g/mol. The number of hydrogen-bond donors (Lipinski definition) is 0. The molecule has 0 atom stereocenters. The number of nitrogens with zero attached hydrogens (tertiary/aromatic N) is 3. The van der Waals surface area contributed by atoms with E-state index in [1.54, 1.807) is 0 Å². The first-order valence-corrected chi connectivity index (χ1v) is 9.74. The number of carbonyl (C=O) groups excluding carboxylic acids is 1. The summed E-state index contributed by atoms with van der Waals surface area (Å²) in [6.45, 7) is 10.5. The number of aromatic nitrogens is 2. The fraction of sp³-hybridized carbons (Fsp3) is 0.391. The maximum Gasteiger partial charge on any atom is 0.242 e. The van der Waals surface area contributed by atoms with Crippen LogP contribution in [0, 0.1) is 11.8 Å². The van der Waals surface area contributed by atoms with Gasteiger partial charge in [-0.1, -0.05) is 70.2 Å². The summed E-state index contributed by atoms with van der Waals surface area (Å²) < 4.78 is 2.06. The van der Waals surface area contributed by atoms with Crippen molar-refractivity contribution in [1.82, 2.24) is 14.5 Å². The number of carbonyl (C=O) groups is 1. The molecule has 0 saturated carbocycles. The van der Waals surface area contributed by atoms with Gasteiger partial charge in [0, 0.05) is 18.7 Å². The lowest BCUT2D eigenvalue weighted by molar-refractivity contribution is -0.132. The van der Waals surface area contributed by atoms with E-state index in [0.717, 1.165) is 35.5 Å². The first-order valence-electron chi connectivity index (χ1n) is 9.74. The van der Waals surface area contributed by atoms with Gasteiger partial charge in [-0.2, -0.15) is 0 Å². The fourth-order valence-electron chi connectivity index (χ4n) is 3.44. The first-order chi connectivity index (χ1) is 13.0. The predicted molar refractivity (Wildman–Crippen MR) is 111 cm³/mol. The summed E-state index contributed by atoms with van der Waals surface area (Å²) in [5.41, 5.74) is 2.95.